The minimum absolute atomic E-state index is 0.0915. The van der Waals surface area contributed by atoms with Crippen molar-refractivity contribution in [3.05, 3.63) is 34.6 Å². The van der Waals surface area contributed by atoms with E-state index in [1.54, 1.807) is 5.92 Å². The van der Waals surface area contributed by atoms with Crippen LogP contribution in [0.25, 0.3) is 4.98 Å². The number of hydrogen-bond donors (Lipinski definition) is 0. The molecule has 5 heteroatoms. The van der Waals surface area contributed by atoms with Crippen molar-refractivity contribution in [3.63, 3.8) is 0 Å². The number of rotatable bonds is 3. The van der Waals surface area contributed by atoms with Crippen LogP contribution >= 0.6 is 17.0 Å². The van der Waals surface area contributed by atoms with Gasteiger partial charge in [0.1, 0.15) is 0 Å². The van der Waals surface area contributed by atoms with E-state index in [0.717, 1.165) is 0 Å². The summed E-state index contributed by atoms with van der Waals surface area (Å²) in [7, 11) is 8.34. The maximum absolute atomic E-state index is 5.10. The molecule has 21 heavy (non-hydrogen) atoms. The molecule has 5 radical (unpaired) electrons. The van der Waals surface area contributed by atoms with Crippen LogP contribution < -0.4 is 0 Å². The standard InChI is InChI=1S/C16H29NSi.2ClH.Zr/c1-11-12(2)14(4)15(13(11)3)10-18(8,9)17-16(5,6)7;;;/h10H2,1-9H3;2*1H;/q-1;;;+4/p-2. The summed E-state index contributed by atoms with van der Waals surface area (Å²) in [5, 5.41) is 0. The average molecular weight is 426 g/mol. The van der Waals surface area contributed by atoms with Gasteiger partial charge in [-0.05, 0) is 29.6 Å². The van der Waals surface area contributed by atoms with E-state index < -0.39 is 29.1 Å². The molecule has 0 amide bonds. The molecule has 1 nitrogen and oxygen atoms in total. The Hall–Kier alpha value is 1.64. The first kappa shape index (κ1) is 22.6. The van der Waals surface area contributed by atoms with Crippen molar-refractivity contribution in [2.24, 2.45) is 0 Å². The maximum atomic E-state index is 5.10. The summed E-state index contributed by atoms with van der Waals surface area (Å²) in [6.07, 6.45) is 0. The fourth-order valence-corrected chi connectivity index (χ4v) is 6.23. The van der Waals surface area contributed by atoms with E-state index >= 15 is 0 Å². The zero-order chi connectivity index (χ0) is 17.0. The number of halogens is 2. The molecule has 1 fully saturated rings. The Morgan fingerprint density at radius 1 is 0.905 bits per heavy atom. The summed E-state index contributed by atoms with van der Waals surface area (Å²) in [5.74, 6) is 7.50. The van der Waals surface area contributed by atoms with Crippen molar-refractivity contribution in [1.82, 2.24) is 0 Å². The molecule has 0 spiro atoms. The molecule has 1 aliphatic rings. The second-order valence-electron chi connectivity index (χ2n) is 7.32. The summed E-state index contributed by atoms with van der Waals surface area (Å²) in [6.45, 7) is 20.4. The molecule has 119 valence electrons. The number of nitrogens with zero attached hydrogens (tertiary/aromatic N) is 1. The van der Waals surface area contributed by atoms with Crippen LogP contribution in [-0.2, 0) is 20.8 Å². The molecule has 0 aromatic carbocycles. The van der Waals surface area contributed by atoms with E-state index in [1.165, 1.54) is 29.7 Å². The van der Waals surface area contributed by atoms with E-state index in [0.29, 0.717) is 0 Å². The minimum atomic E-state index is -1.53. The first-order chi connectivity index (χ1) is 9.36. The zero-order valence-corrected chi connectivity index (χ0v) is 19.9. The Balaban J connectivity index is 0.00000122. The third-order valence-corrected chi connectivity index (χ3v) is 6.34. The summed E-state index contributed by atoms with van der Waals surface area (Å²) >= 11 is -0.826. The molecular weight excluding hydrogens is 396 g/mol. The molecule has 0 atom stereocenters. The van der Waals surface area contributed by atoms with Crippen molar-refractivity contribution in [2.45, 2.75) is 73.1 Å². The van der Waals surface area contributed by atoms with Gasteiger partial charge >= 0.3 is 37.9 Å². The Bertz CT molecular complexity index is 293. The van der Waals surface area contributed by atoms with E-state index in [-0.39, 0.29) is 5.54 Å². The van der Waals surface area contributed by atoms with Gasteiger partial charge in [-0.2, -0.15) is 0 Å². The SMILES string of the molecule is C[C]1[C](C)[C](C)[C](C[Si](C)(C)[N-]C(C)(C)C)[C]1C.[Cl][Zr+2][Cl]. The second kappa shape index (κ2) is 9.21. The van der Waals surface area contributed by atoms with Gasteiger partial charge in [0, 0.05) is 0 Å². The quantitative estimate of drug-likeness (QED) is 0.446. The van der Waals surface area contributed by atoms with Gasteiger partial charge in [-0.15, -0.1) is 5.54 Å². The van der Waals surface area contributed by atoms with Gasteiger partial charge in [-0.1, -0.05) is 75.8 Å². The molecule has 0 aromatic rings. The first-order valence-electron chi connectivity index (χ1n) is 7.28. The molecule has 0 unspecified atom stereocenters. The van der Waals surface area contributed by atoms with Crippen molar-refractivity contribution in [1.29, 1.82) is 0 Å². The summed E-state index contributed by atoms with van der Waals surface area (Å²) < 4.78 is 0. The molecule has 1 rings (SSSR count). The Morgan fingerprint density at radius 3 is 1.52 bits per heavy atom. The van der Waals surface area contributed by atoms with Gasteiger partial charge in [-0.25, -0.2) is 0 Å². The van der Waals surface area contributed by atoms with Crippen LogP contribution in [0.5, 0.6) is 0 Å². The van der Waals surface area contributed by atoms with Crippen LogP contribution in [0.2, 0.25) is 19.1 Å². The monoisotopic (exact) mass is 423 g/mol. The van der Waals surface area contributed by atoms with Gasteiger partial charge in [0.25, 0.3) is 0 Å². The van der Waals surface area contributed by atoms with Crippen LogP contribution in [0.1, 0.15) is 48.5 Å². The third kappa shape index (κ3) is 7.84. The number of hydrogen-bond acceptors (Lipinski definition) is 0. The Kier molecular flexibility index (Phi) is 9.93. The predicted octanol–water partition coefficient (Wildman–Crippen LogP) is 6.71. The molecule has 0 saturated heterocycles. The van der Waals surface area contributed by atoms with Crippen molar-refractivity contribution in [2.75, 3.05) is 0 Å². The predicted molar refractivity (Wildman–Crippen MR) is 96.0 cm³/mol. The Morgan fingerprint density at radius 2 is 1.24 bits per heavy atom. The molecule has 1 saturated carbocycles. The van der Waals surface area contributed by atoms with E-state index in [2.05, 4.69) is 61.6 Å². The van der Waals surface area contributed by atoms with Crippen LogP contribution in [0.15, 0.2) is 0 Å². The van der Waals surface area contributed by atoms with Crippen LogP contribution in [0, 0.1) is 29.6 Å². The zero-order valence-electron chi connectivity index (χ0n) is 14.9. The third-order valence-electron chi connectivity index (χ3n) is 3.84. The molecule has 0 bridgehead atoms. The van der Waals surface area contributed by atoms with E-state index in [4.69, 9.17) is 22.0 Å². The second-order valence-corrected chi connectivity index (χ2v) is 15.3. The van der Waals surface area contributed by atoms with Crippen LogP contribution in [0.4, 0.5) is 0 Å². The van der Waals surface area contributed by atoms with Crippen molar-refractivity contribution < 1.29 is 20.8 Å². The van der Waals surface area contributed by atoms with E-state index in [1.807, 2.05) is 0 Å². The molecule has 0 heterocycles. The molecule has 0 aliphatic heterocycles. The Labute approximate surface area is 153 Å². The first-order valence-corrected chi connectivity index (χ1v) is 16.8. The molecule has 1 aliphatic carbocycles. The van der Waals surface area contributed by atoms with Gasteiger partial charge < -0.3 is 4.98 Å². The van der Waals surface area contributed by atoms with Gasteiger partial charge in [-0.3, -0.25) is 0 Å². The van der Waals surface area contributed by atoms with Crippen LogP contribution in [-0.4, -0.2) is 13.8 Å². The fourth-order valence-electron chi connectivity index (χ4n) is 2.94. The van der Waals surface area contributed by atoms with E-state index in [9.17, 15) is 0 Å². The van der Waals surface area contributed by atoms with Crippen molar-refractivity contribution >= 4 is 25.3 Å². The fraction of sp³-hybridized carbons (Fsp3) is 0.688. The molecule has 0 N–H and O–H groups in total. The van der Waals surface area contributed by atoms with Crippen molar-refractivity contribution in [3.8, 4) is 0 Å². The van der Waals surface area contributed by atoms with Crippen LogP contribution in [0.3, 0.4) is 0 Å². The molecule has 0 aromatic heterocycles. The summed E-state index contributed by atoms with van der Waals surface area (Å²) in [5.41, 5.74) is 0.0915. The summed E-state index contributed by atoms with van der Waals surface area (Å²) in [6, 6.07) is 1.18. The molecular formula is C16H29Cl2NSiZr+. The van der Waals surface area contributed by atoms with Gasteiger partial charge in [0.2, 0.25) is 0 Å². The topological polar surface area (TPSA) is 14.1 Å². The normalized spacial score (nSPS) is 20.3. The van der Waals surface area contributed by atoms with Gasteiger partial charge in [0.15, 0.2) is 0 Å². The average Bonchev–Trinajstić information content (AvgIpc) is 2.44. The summed E-state index contributed by atoms with van der Waals surface area (Å²) in [4.78, 5) is 5.10. The van der Waals surface area contributed by atoms with Gasteiger partial charge in [0.05, 0.1) is 0 Å².